The molecule has 0 bridgehead atoms. The smallest absolute Gasteiger partial charge is 0.220 e. The average Bonchev–Trinajstić information content (AvgIpc) is 2.89. The maximum Gasteiger partial charge on any atom is 0.220 e. The van der Waals surface area contributed by atoms with E-state index in [0.717, 1.165) is 12.1 Å². The Morgan fingerprint density at radius 3 is 2.78 bits per heavy atom. The van der Waals surface area contributed by atoms with Crippen LogP contribution < -0.4 is 20.7 Å². The van der Waals surface area contributed by atoms with Gasteiger partial charge in [0.05, 0.1) is 0 Å². The van der Waals surface area contributed by atoms with E-state index in [2.05, 4.69) is 25.8 Å². The first-order chi connectivity index (χ1) is 17.6. The van der Waals surface area contributed by atoms with Gasteiger partial charge in [-0.2, -0.15) is 0 Å². The van der Waals surface area contributed by atoms with Gasteiger partial charge in [0.1, 0.15) is 6.61 Å². The van der Waals surface area contributed by atoms with Crippen LogP contribution >= 0.6 is 23.8 Å². The van der Waals surface area contributed by atoms with Crippen molar-refractivity contribution in [3.8, 4) is 5.88 Å². The summed E-state index contributed by atoms with van der Waals surface area (Å²) in [7, 11) is 0. The third kappa shape index (κ3) is 10.9. The predicted molar refractivity (Wildman–Crippen MR) is 149 cm³/mol. The number of halogens is 1. The number of hydrogen-bond donors (Lipinski definition) is 3. The van der Waals surface area contributed by atoms with E-state index >= 15 is 0 Å². The Bertz CT molecular complexity index is 998. The van der Waals surface area contributed by atoms with Crippen LogP contribution in [0.3, 0.4) is 0 Å². The summed E-state index contributed by atoms with van der Waals surface area (Å²) in [4.78, 5) is 18.8. The molecule has 1 aliphatic rings. The molecule has 0 spiro atoms. The summed E-state index contributed by atoms with van der Waals surface area (Å²) in [5.74, 6) is 0.634. The molecule has 36 heavy (non-hydrogen) atoms. The SMILES string of the molecule is O=C(CCCNC(=S)NCc1ccccc1Cl)NC/C=C\COc1cc(CN2CCCCC2)ccn1. The van der Waals surface area contributed by atoms with E-state index in [1.807, 2.05) is 48.6 Å². The Balaban J connectivity index is 1.21. The molecule has 1 saturated heterocycles. The molecule has 2 aromatic rings. The molecule has 0 aliphatic carbocycles. The van der Waals surface area contributed by atoms with Gasteiger partial charge < -0.3 is 20.7 Å². The number of amides is 1. The van der Waals surface area contributed by atoms with Gasteiger partial charge in [-0.25, -0.2) is 4.98 Å². The molecular formula is C27H36ClN5O2S. The molecule has 194 valence electrons. The first-order valence-electron chi connectivity index (χ1n) is 12.6. The minimum atomic E-state index is 0.00407. The van der Waals surface area contributed by atoms with Crippen LogP contribution in [0.15, 0.2) is 54.7 Å². The van der Waals surface area contributed by atoms with Crippen molar-refractivity contribution in [3.05, 3.63) is 70.9 Å². The number of benzene rings is 1. The zero-order valence-electron chi connectivity index (χ0n) is 20.7. The summed E-state index contributed by atoms with van der Waals surface area (Å²) in [5.41, 5.74) is 2.21. The maximum absolute atomic E-state index is 12.0. The van der Waals surface area contributed by atoms with Gasteiger partial charge in [0.15, 0.2) is 5.11 Å². The Morgan fingerprint density at radius 1 is 1.11 bits per heavy atom. The third-order valence-electron chi connectivity index (χ3n) is 5.83. The lowest BCUT2D eigenvalue weighted by atomic mass is 10.1. The quantitative estimate of drug-likeness (QED) is 0.204. The highest BCUT2D eigenvalue weighted by molar-refractivity contribution is 7.80. The summed E-state index contributed by atoms with van der Waals surface area (Å²) in [6.45, 7) is 5.34. The van der Waals surface area contributed by atoms with Gasteiger partial charge in [-0.3, -0.25) is 9.69 Å². The molecule has 0 radical (unpaired) electrons. The normalized spacial score (nSPS) is 13.9. The standard InChI is InChI=1S/C27H36ClN5O2S/c28-24-10-3-2-9-23(24)20-32-27(36)31-14-8-11-25(34)29-13-4-7-18-35-26-19-22(12-15-30-26)21-33-16-5-1-6-17-33/h2-4,7,9-10,12,15,19H,1,5-6,8,11,13-14,16-18,20-21H2,(H,29,34)(H2,31,32,36)/b7-4-. The van der Waals surface area contributed by atoms with Crippen LogP contribution in [0.1, 0.15) is 43.2 Å². The monoisotopic (exact) mass is 529 g/mol. The summed E-state index contributed by atoms with van der Waals surface area (Å²) in [6, 6.07) is 11.7. The molecule has 1 aliphatic heterocycles. The van der Waals surface area contributed by atoms with Crippen LogP contribution in [0.4, 0.5) is 0 Å². The largest absolute Gasteiger partial charge is 0.473 e. The lowest BCUT2D eigenvalue weighted by Gasteiger charge is -2.26. The van der Waals surface area contributed by atoms with E-state index in [-0.39, 0.29) is 5.91 Å². The topological polar surface area (TPSA) is 78.5 Å². The number of aromatic nitrogens is 1. The van der Waals surface area contributed by atoms with Gasteiger partial charge in [-0.05, 0) is 73.9 Å². The number of nitrogens with zero attached hydrogens (tertiary/aromatic N) is 2. The minimum Gasteiger partial charge on any atom is -0.473 e. The Labute approximate surface area is 224 Å². The number of hydrogen-bond acceptors (Lipinski definition) is 5. The molecule has 1 fully saturated rings. The highest BCUT2D eigenvalue weighted by Crippen LogP contribution is 2.16. The highest BCUT2D eigenvalue weighted by Gasteiger charge is 2.11. The first kappa shape index (κ1) is 27.9. The second kappa shape index (κ2) is 16.1. The van der Waals surface area contributed by atoms with Gasteiger partial charge >= 0.3 is 0 Å². The number of likely N-dealkylation sites (tertiary alicyclic amines) is 1. The minimum absolute atomic E-state index is 0.00407. The third-order valence-corrected chi connectivity index (χ3v) is 6.49. The first-order valence-corrected chi connectivity index (χ1v) is 13.4. The van der Waals surface area contributed by atoms with E-state index in [0.29, 0.717) is 55.1 Å². The Kier molecular flexibility index (Phi) is 12.5. The molecule has 9 heteroatoms. The summed E-state index contributed by atoms with van der Waals surface area (Å²) in [6.07, 6.45) is 10.6. The molecule has 0 unspecified atom stereocenters. The lowest BCUT2D eigenvalue weighted by molar-refractivity contribution is -0.120. The van der Waals surface area contributed by atoms with E-state index in [1.54, 1.807) is 6.20 Å². The van der Waals surface area contributed by atoms with Crippen LogP contribution in [0.5, 0.6) is 5.88 Å². The average molecular weight is 530 g/mol. The molecular weight excluding hydrogens is 494 g/mol. The highest BCUT2D eigenvalue weighted by atomic mass is 35.5. The molecule has 0 saturated carbocycles. The van der Waals surface area contributed by atoms with E-state index in [4.69, 9.17) is 28.6 Å². The van der Waals surface area contributed by atoms with E-state index in [1.165, 1.54) is 37.9 Å². The number of nitrogens with one attached hydrogen (secondary N) is 3. The van der Waals surface area contributed by atoms with Crippen LogP contribution in [0, 0.1) is 0 Å². The summed E-state index contributed by atoms with van der Waals surface area (Å²) < 4.78 is 5.74. The molecule has 7 nitrogen and oxygen atoms in total. The van der Waals surface area contributed by atoms with Gasteiger partial charge in [0.2, 0.25) is 11.8 Å². The van der Waals surface area contributed by atoms with Crippen molar-refractivity contribution in [3.63, 3.8) is 0 Å². The molecule has 1 amide bonds. The van der Waals surface area contributed by atoms with E-state index < -0.39 is 0 Å². The molecule has 2 heterocycles. The Morgan fingerprint density at radius 2 is 1.94 bits per heavy atom. The molecule has 3 N–H and O–H groups in total. The van der Waals surface area contributed by atoms with Gasteiger partial charge in [-0.15, -0.1) is 0 Å². The fourth-order valence-electron chi connectivity index (χ4n) is 3.88. The fraction of sp³-hybridized carbons (Fsp3) is 0.444. The number of ether oxygens (including phenoxy) is 1. The van der Waals surface area contributed by atoms with Gasteiger partial charge in [0, 0.05) is 49.9 Å². The van der Waals surface area contributed by atoms with Crippen molar-refractivity contribution in [1.29, 1.82) is 0 Å². The molecule has 1 aromatic heterocycles. The molecule has 1 aromatic carbocycles. The molecule has 0 atom stereocenters. The maximum atomic E-state index is 12.0. The number of pyridine rings is 1. The lowest BCUT2D eigenvalue weighted by Crippen LogP contribution is -2.35. The number of thiocarbonyl (C=S) groups is 1. The Hall–Kier alpha value is -2.68. The number of rotatable bonds is 13. The van der Waals surface area contributed by atoms with Crippen LogP contribution in [0.2, 0.25) is 5.02 Å². The van der Waals surface area contributed by atoms with Crippen LogP contribution in [-0.2, 0) is 17.9 Å². The predicted octanol–water partition coefficient (Wildman–Crippen LogP) is 4.22. The second-order valence-electron chi connectivity index (χ2n) is 8.73. The summed E-state index contributed by atoms with van der Waals surface area (Å²) in [5, 5.41) is 10.4. The number of carbonyl (C=O) groups excluding carboxylic acids is 1. The second-order valence-corrected chi connectivity index (χ2v) is 9.55. The van der Waals surface area contributed by atoms with Crippen molar-refractivity contribution in [1.82, 2.24) is 25.8 Å². The molecule has 3 rings (SSSR count). The zero-order chi connectivity index (χ0) is 25.4. The fourth-order valence-corrected chi connectivity index (χ4v) is 4.26. The number of carbonyl (C=O) groups is 1. The van der Waals surface area contributed by atoms with Crippen molar-refractivity contribution < 1.29 is 9.53 Å². The van der Waals surface area contributed by atoms with Gasteiger partial charge in [-0.1, -0.05) is 42.3 Å². The van der Waals surface area contributed by atoms with Crippen molar-refractivity contribution >= 4 is 34.8 Å². The van der Waals surface area contributed by atoms with Crippen molar-refractivity contribution in [2.24, 2.45) is 0 Å². The van der Waals surface area contributed by atoms with Crippen molar-refractivity contribution in [2.45, 2.75) is 45.2 Å². The van der Waals surface area contributed by atoms with Gasteiger partial charge in [0.25, 0.3) is 0 Å². The van der Waals surface area contributed by atoms with E-state index in [9.17, 15) is 4.79 Å². The number of piperidine rings is 1. The van der Waals surface area contributed by atoms with Crippen molar-refractivity contribution in [2.75, 3.05) is 32.8 Å². The zero-order valence-corrected chi connectivity index (χ0v) is 22.3. The summed E-state index contributed by atoms with van der Waals surface area (Å²) >= 11 is 11.4. The van der Waals surface area contributed by atoms with Crippen LogP contribution in [0.25, 0.3) is 0 Å². The van der Waals surface area contributed by atoms with Crippen LogP contribution in [-0.4, -0.2) is 53.7 Å².